The van der Waals surface area contributed by atoms with Gasteiger partial charge in [-0.1, -0.05) is 73.9 Å². The molecule has 1 aromatic rings. The molecule has 6 rings (SSSR count). The molecule has 2 bridgehead atoms. The summed E-state index contributed by atoms with van der Waals surface area (Å²) in [5.74, 6) is -2.08. The van der Waals surface area contributed by atoms with E-state index in [2.05, 4.69) is 10.6 Å². The van der Waals surface area contributed by atoms with Crippen molar-refractivity contribution in [1.82, 2.24) is 10.2 Å². The Kier molecular flexibility index (Phi) is 6.74. The van der Waals surface area contributed by atoms with Gasteiger partial charge in [0.1, 0.15) is 11.6 Å². The van der Waals surface area contributed by atoms with Crippen molar-refractivity contribution in [3.8, 4) is 0 Å². The van der Waals surface area contributed by atoms with E-state index in [1.165, 1.54) is 6.42 Å². The number of nitrogens with zero attached hydrogens (tertiary/aromatic N) is 1. The number of anilines is 1. The maximum atomic E-state index is 14.2. The van der Waals surface area contributed by atoms with Crippen molar-refractivity contribution in [2.75, 3.05) is 5.32 Å². The molecule has 3 amide bonds. The molecule has 37 heavy (non-hydrogen) atoms. The van der Waals surface area contributed by atoms with E-state index in [0.717, 1.165) is 57.8 Å². The number of hydrogen-bond donors (Lipinski definition) is 2. The predicted molar refractivity (Wildman–Crippen MR) is 141 cm³/mol. The highest BCUT2D eigenvalue weighted by atomic mass is 35.5. The van der Waals surface area contributed by atoms with Gasteiger partial charge in [0, 0.05) is 17.8 Å². The highest BCUT2D eigenvalue weighted by Gasteiger charge is 2.73. The van der Waals surface area contributed by atoms with Crippen molar-refractivity contribution >= 4 is 46.6 Å². The first-order valence-corrected chi connectivity index (χ1v) is 14.4. The third-order valence-corrected chi connectivity index (χ3v) is 9.71. The van der Waals surface area contributed by atoms with Gasteiger partial charge in [-0.25, -0.2) is 0 Å². The Labute approximate surface area is 227 Å². The van der Waals surface area contributed by atoms with Crippen LogP contribution >= 0.6 is 23.2 Å². The van der Waals surface area contributed by atoms with E-state index < -0.39 is 29.6 Å². The van der Waals surface area contributed by atoms with Gasteiger partial charge in [0.2, 0.25) is 17.7 Å². The van der Waals surface area contributed by atoms with Gasteiger partial charge in [0.15, 0.2) is 0 Å². The van der Waals surface area contributed by atoms with E-state index in [1.54, 1.807) is 23.1 Å². The molecule has 2 saturated carbocycles. The van der Waals surface area contributed by atoms with Crippen molar-refractivity contribution in [3.63, 3.8) is 0 Å². The van der Waals surface area contributed by atoms with Gasteiger partial charge in [0.25, 0.3) is 0 Å². The van der Waals surface area contributed by atoms with Crippen molar-refractivity contribution < 1.29 is 19.1 Å². The molecule has 2 N–H and O–H groups in total. The number of nitrogens with one attached hydrogen (secondary N) is 2. The van der Waals surface area contributed by atoms with Gasteiger partial charge in [-0.2, -0.15) is 0 Å². The number of ether oxygens (including phenoxy) is 1. The van der Waals surface area contributed by atoms with Crippen LogP contribution in [0.5, 0.6) is 0 Å². The summed E-state index contributed by atoms with van der Waals surface area (Å²) < 4.78 is 6.47. The molecule has 5 atom stereocenters. The molecule has 2 saturated heterocycles. The van der Waals surface area contributed by atoms with E-state index >= 15 is 0 Å². The SMILES string of the molecule is O=C(Nc1ccc(Cl)c(Cl)c1)C1[C@@H]2C=CC3(O2)C(C(=O)NC2CCCCC2)N(C2CCCCC2)C(=O)[C@H]13. The van der Waals surface area contributed by atoms with Gasteiger partial charge in [-0.05, 0) is 43.9 Å². The van der Waals surface area contributed by atoms with Crippen LogP contribution in [-0.4, -0.2) is 52.5 Å². The number of hydrogen-bond acceptors (Lipinski definition) is 4. The lowest BCUT2D eigenvalue weighted by Crippen LogP contribution is -2.58. The molecule has 0 radical (unpaired) electrons. The number of carbonyl (C=O) groups is 3. The first-order chi connectivity index (χ1) is 17.9. The van der Waals surface area contributed by atoms with Crippen LogP contribution in [-0.2, 0) is 19.1 Å². The van der Waals surface area contributed by atoms with Crippen molar-refractivity contribution in [3.05, 3.63) is 40.4 Å². The minimum atomic E-state index is -1.13. The molecule has 3 unspecified atom stereocenters. The molecular formula is C28H33Cl2N3O4. The van der Waals surface area contributed by atoms with E-state index in [-0.39, 0.29) is 29.8 Å². The molecule has 1 aromatic carbocycles. The van der Waals surface area contributed by atoms with Crippen LogP contribution in [0.15, 0.2) is 30.4 Å². The molecule has 4 fully saturated rings. The van der Waals surface area contributed by atoms with Crippen LogP contribution in [0.3, 0.4) is 0 Å². The number of halogens is 2. The number of benzene rings is 1. The van der Waals surface area contributed by atoms with Gasteiger partial charge < -0.3 is 20.3 Å². The third kappa shape index (κ3) is 4.27. The minimum Gasteiger partial charge on any atom is -0.359 e. The largest absolute Gasteiger partial charge is 0.359 e. The molecule has 0 aromatic heterocycles. The summed E-state index contributed by atoms with van der Waals surface area (Å²) in [5, 5.41) is 6.89. The fraction of sp³-hybridized carbons (Fsp3) is 0.607. The number of likely N-dealkylation sites (tertiary alicyclic amines) is 1. The Morgan fingerprint density at radius 3 is 2.35 bits per heavy atom. The summed E-state index contributed by atoms with van der Waals surface area (Å²) in [5.41, 5.74) is -0.626. The molecule has 7 nitrogen and oxygen atoms in total. The quantitative estimate of drug-likeness (QED) is 0.517. The zero-order chi connectivity index (χ0) is 25.7. The van der Waals surface area contributed by atoms with Crippen molar-refractivity contribution in [2.45, 2.75) is 94.0 Å². The van der Waals surface area contributed by atoms with Crippen LogP contribution in [0.2, 0.25) is 10.0 Å². The summed E-state index contributed by atoms with van der Waals surface area (Å²) in [7, 11) is 0. The second-order valence-electron chi connectivity index (χ2n) is 11.2. The normalized spacial score (nSPS) is 33.6. The zero-order valence-corrected chi connectivity index (χ0v) is 22.3. The lowest BCUT2D eigenvalue weighted by molar-refractivity contribution is -0.144. The second-order valence-corrected chi connectivity index (χ2v) is 12.0. The molecule has 1 spiro atoms. The van der Waals surface area contributed by atoms with Crippen molar-refractivity contribution in [2.24, 2.45) is 11.8 Å². The van der Waals surface area contributed by atoms with Crippen LogP contribution < -0.4 is 10.6 Å². The zero-order valence-electron chi connectivity index (χ0n) is 20.8. The maximum absolute atomic E-state index is 14.2. The minimum absolute atomic E-state index is 0.0156. The van der Waals surface area contributed by atoms with Gasteiger partial charge in [-0.3, -0.25) is 14.4 Å². The molecule has 3 aliphatic heterocycles. The highest BCUT2D eigenvalue weighted by molar-refractivity contribution is 6.42. The summed E-state index contributed by atoms with van der Waals surface area (Å²) in [6.45, 7) is 0. The lowest BCUT2D eigenvalue weighted by atomic mass is 9.74. The van der Waals surface area contributed by atoms with Crippen LogP contribution in [0, 0.1) is 11.8 Å². The van der Waals surface area contributed by atoms with Gasteiger partial charge in [0.05, 0.1) is 28.0 Å². The fourth-order valence-corrected chi connectivity index (χ4v) is 7.58. The van der Waals surface area contributed by atoms with E-state index in [4.69, 9.17) is 27.9 Å². The highest BCUT2D eigenvalue weighted by Crippen LogP contribution is 2.56. The number of rotatable bonds is 5. The standard InChI is InChI=1S/C28H33Cl2N3O4/c29-19-12-11-17(15-20(19)30)32-25(34)22-21-13-14-28(37-21)23(22)27(36)33(18-9-5-2-6-10-18)24(28)26(35)31-16-7-3-1-4-8-16/h11-16,18,21-24H,1-10H2,(H,31,35)(H,32,34)/t21-,22?,23-,24?,28?/m0/s1. The first kappa shape index (κ1) is 25.2. The number of carbonyl (C=O) groups excluding carboxylic acids is 3. The van der Waals surface area contributed by atoms with Crippen molar-refractivity contribution in [1.29, 1.82) is 0 Å². The fourth-order valence-electron chi connectivity index (χ4n) is 7.29. The number of amides is 3. The summed E-state index contributed by atoms with van der Waals surface area (Å²) in [4.78, 5) is 43.5. The van der Waals surface area contributed by atoms with Gasteiger partial charge in [-0.15, -0.1) is 0 Å². The lowest BCUT2D eigenvalue weighted by Gasteiger charge is -2.39. The third-order valence-electron chi connectivity index (χ3n) is 8.97. The van der Waals surface area contributed by atoms with E-state index in [9.17, 15) is 14.4 Å². The Balaban J connectivity index is 1.31. The monoisotopic (exact) mass is 545 g/mol. The molecule has 5 aliphatic rings. The maximum Gasteiger partial charge on any atom is 0.246 e. The molecule has 2 aliphatic carbocycles. The summed E-state index contributed by atoms with van der Waals surface area (Å²) in [6, 6.07) is 4.23. The first-order valence-electron chi connectivity index (χ1n) is 13.6. The Morgan fingerprint density at radius 1 is 0.946 bits per heavy atom. The smallest absolute Gasteiger partial charge is 0.246 e. The van der Waals surface area contributed by atoms with Crippen LogP contribution in [0.1, 0.15) is 64.2 Å². The molecule has 198 valence electrons. The molecular weight excluding hydrogens is 513 g/mol. The predicted octanol–water partition coefficient (Wildman–Crippen LogP) is 4.86. The Bertz CT molecular complexity index is 1130. The van der Waals surface area contributed by atoms with E-state index in [0.29, 0.717) is 15.7 Å². The summed E-state index contributed by atoms with van der Waals surface area (Å²) >= 11 is 12.2. The number of fused-ring (bicyclic) bond motifs is 1. The average Bonchev–Trinajstić information content (AvgIpc) is 3.54. The molecule has 3 heterocycles. The molecule has 9 heteroatoms. The second kappa shape index (κ2) is 9.90. The topological polar surface area (TPSA) is 87.7 Å². The Morgan fingerprint density at radius 2 is 1.65 bits per heavy atom. The van der Waals surface area contributed by atoms with E-state index in [1.807, 2.05) is 12.2 Å². The van der Waals surface area contributed by atoms with Gasteiger partial charge >= 0.3 is 0 Å². The van der Waals surface area contributed by atoms with Crippen LogP contribution in [0.4, 0.5) is 5.69 Å². The average molecular weight is 546 g/mol. The summed E-state index contributed by atoms with van der Waals surface area (Å²) in [6.07, 6.45) is 13.4. The van der Waals surface area contributed by atoms with Crippen LogP contribution in [0.25, 0.3) is 0 Å². The Hall–Kier alpha value is -2.09.